The van der Waals surface area contributed by atoms with Gasteiger partial charge < -0.3 is 0 Å². The summed E-state index contributed by atoms with van der Waals surface area (Å²) >= 11 is 0. The summed E-state index contributed by atoms with van der Waals surface area (Å²) < 4.78 is 0. The van der Waals surface area contributed by atoms with Crippen LogP contribution in [0.2, 0.25) is 0 Å². The lowest BCUT2D eigenvalue weighted by Gasteiger charge is -2.31. The first-order valence-corrected chi connectivity index (χ1v) is 6.82. The Morgan fingerprint density at radius 3 is 1.60 bits per heavy atom. The van der Waals surface area contributed by atoms with Crippen LogP contribution in [0.1, 0.15) is 60.3 Å². The first-order chi connectivity index (χ1) is 7.07. The summed E-state index contributed by atoms with van der Waals surface area (Å²) in [6.07, 6.45) is 5.97. The predicted octanol–water partition coefficient (Wildman–Crippen LogP) is 3.93. The van der Waals surface area contributed by atoms with E-state index in [9.17, 15) is 0 Å². The second-order valence-electron chi connectivity index (χ2n) is 5.88. The molecule has 1 saturated carbocycles. The molecule has 2 atom stereocenters. The molecule has 90 valence electrons. The van der Waals surface area contributed by atoms with Crippen LogP contribution in [0.5, 0.6) is 0 Å². The van der Waals surface area contributed by atoms with Gasteiger partial charge in [-0.3, -0.25) is 4.90 Å². The van der Waals surface area contributed by atoms with Crippen molar-refractivity contribution in [2.24, 2.45) is 11.8 Å². The first kappa shape index (κ1) is 13.0. The summed E-state index contributed by atoms with van der Waals surface area (Å²) in [6.45, 7) is 13.8. The highest BCUT2D eigenvalue weighted by molar-refractivity contribution is 4.91. The minimum Gasteiger partial charge on any atom is -0.298 e. The Bertz CT molecular complexity index is 166. The molecule has 0 spiro atoms. The van der Waals surface area contributed by atoms with Crippen molar-refractivity contribution in [2.75, 3.05) is 13.1 Å². The maximum Gasteiger partial charge on any atom is 0.0125 e. The van der Waals surface area contributed by atoms with Gasteiger partial charge in [0.05, 0.1) is 0 Å². The van der Waals surface area contributed by atoms with E-state index in [1.807, 2.05) is 13.8 Å². The molecule has 0 bridgehead atoms. The van der Waals surface area contributed by atoms with Crippen molar-refractivity contribution in [3.8, 4) is 0 Å². The van der Waals surface area contributed by atoms with Crippen LogP contribution in [-0.4, -0.2) is 23.5 Å². The zero-order valence-electron chi connectivity index (χ0n) is 11.3. The highest BCUT2D eigenvalue weighted by Crippen LogP contribution is 2.38. The molecule has 1 saturated heterocycles. The fourth-order valence-corrected chi connectivity index (χ4v) is 2.95. The van der Waals surface area contributed by atoms with Crippen molar-refractivity contribution < 1.29 is 0 Å². The van der Waals surface area contributed by atoms with Crippen LogP contribution in [0.25, 0.3) is 0 Å². The highest BCUT2D eigenvalue weighted by Gasteiger charge is 2.38. The van der Waals surface area contributed by atoms with Crippen molar-refractivity contribution in [3.63, 3.8) is 0 Å². The molecule has 2 unspecified atom stereocenters. The fraction of sp³-hybridized carbons (Fsp3) is 1.00. The van der Waals surface area contributed by atoms with E-state index in [1.54, 1.807) is 0 Å². The molecule has 1 heteroatoms. The van der Waals surface area contributed by atoms with Gasteiger partial charge in [0.2, 0.25) is 0 Å². The quantitative estimate of drug-likeness (QED) is 0.587. The maximum atomic E-state index is 2.69. The van der Waals surface area contributed by atoms with Crippen molar-refractivity contribution in [1.29, 1.82) is 0 Å². The minimum atomic E-state index is 0.400. The summed E-state index contributed by atoms with van der Waals surface area (Å²) in [5.74, 6) is 2.07. The van der Waals surface area contributed by atoms with Crippen LogP contribution in [0.3, 0.4) is 0 Å². The lowest BCUT2D eigenvalue weighted by Crippen LogP contribution is -2.39. The van der Waals surface area contributed by atoms with Crippen LogP contribution in [0, 0.1) is 11.8 Å². The molecule has 0 aromatic carbocycles. The van der Waals surface area contributed by atoms with Gasteiger partial charge in [-0.15, -0.1) is 0 Å². The molecular weight excluding hydrogens is 182 g/mol. The Balaban J connectivity index is 0.000000531. The van der Waals surface area contributed by atoms with E-state index in [2.05, 4.69) is 25.7 Å². The van der Waals surface area contributed by atoms with Gasteiger partial charge in [-0.2, -0.15) is 0 Å². The average molecular weight is 211 g/mol. The molecule has 15 heavy (non-hydrogen) atoms. The Morgan fingerprint density at radius 2 is 1.27 bits per heavy atom. The summed E-state index contributed by atoms with van der Waals surface area (Å²) in [5, 5.41) is 0. The Labute approximate surface area is 96.2 Å². The normalized spacial score (nSPS) is 31.8. The SMILES string of the molecule is CC.CC(C)(C)N1CC2CCCCC2C1. The lowest BCUT2D eigenvalue weighted by molar-refractivity contribution is 0.165. The third kappa shape index (κ3) is 3.21. The molecule has 0 aromatic heterocycles. The molecule has 1 aliphatic carbocycles. The summed E-state index contributed by atoms with van der Waals surface area (Å²) in [5.41, 5.74) is 0.400. The van der Waals surface area contributed by atoms with Gasteiger partial charge in [-0.25, -0.2) is 0 Å². The van der Waals surface area contributed by atoms with Crippen LogP contribution in [0.15, 0.2) is 0 Å². The van der Waals surface area contributed by atoms with Gasteiger partial charge in [0, 0.05) is 18.6 Å². The molecule has 0 N–H and O–H groups in total. The Kier molecular flexibility index (Phi) is 4.64. The molecule has 1 aliphatic heterocycles. The summed E-state index contributed by atoms with van der Waals surface area (Å²) in [4.78, 5) is 2.69. The van der Waals surface area contributed by atoms with E-state index in [4.69, 9.17) is 0 Å². The van der Waals surface area contributed by atoms with Crippen molar-refractivity contribution >= 4 is 0 Å². The van der Waals surface area contributed by atoms with Crippen LogP contribution in [0.4, 0.5) is 0 Å². The standard InChI is InChI=1S/C12H23N.C2H6/c1-12(2,3)13-8-10-6-4-5-7-11(10)9-13;1-2/h10-11H,4-9H2,1-3H3;1-2H3. The molecule has 0 radical (unpaired) electrons. The minimum absolute atomic E-state index is 0.400. The first-order valence-electron chi connectivity index (χ1n) is 6.82. The molecule has 2 rings (SSSR count). The molecule has 0 aromatic rings. The number of hydrogen-bond acceptors (Lipinski definition) is 1. The van der Waals surface area contributed by atoms with Gasteiger partial charge in [-0.1, -0.05) is 26.7 Å². The van der Waals surface area contributed by atoms with Crippen LogP contribution < -0.4 is 0 Å². The van der Waals surface area contributed by atoms with E-state index in [1.165, 1.54) is 38.8 Å². The van der Waals surface area contributed by atoms with Crippen molar-refractivity contribution in [3.05, 3.63) is 0 Å². The van der Waals surface area contributed by atoms with Crippen molar-refractivity contribution in [2.45, 2.75) is 65.8 Å². The summed E-state index contributed by atoms with van der Waals surface area (Å²) in [6, 6.07) is 0. The lowest BCUT2D eigenvalue weighted by atomic mass is 9.82. The smallest absolute Gasteiger partial charge is 0.0125 e. The van der Waals surface area contributed by atoms with E-state index in [-0.39, 0.29) is 0 Å². The zero-order chi connectivity index (χ0) is 11.5. The molecule has 1 heterocycles. The zero-order valence-corrected chi connectivity index (χ0v) is 11.3. The average Bonchev–Trinajstić information content (AvgIpc) is 2.63. The Hall–Kier alpha value is -0.0400. The van der Waals surface area contributed by atoms with E-state index in [0.717, 1.165) is 11.8 Å². The number of rotatable bonds is 0. The van der Waals surface area contributed by atoms with E-state index >= 15 is 0 Å². The second kappa shape index (κ2) is 5.34. The van der Waals surface area contributed by atoms with Gasteiger partial charge in [0.1, 0.15) is 0 Å². The predicted molar refractivity (Wildman–Crippen MR) is 68.1 cm³/mol. The molecule has 1 nitrogen and oxygen atoms in total. The third-order valence-corrected chi connectivity index (χ3v) is 3.92. The summed E-state index contributed by atoms with van der Waals surface area (Å²) in [7, 11) is 0. The number of hydrogen-bond donors (Lipinski definition) is 0. The monoisotopic (exact) mass is 211 g/mol. The fourth-order valence-electron chi connectivity index (χ4n) is 2.95. The van der Waals surface area contributed by atoms with Gasteiger partial charge >= 0.3 is 0 Å². The molecule has 0 amide bonds. The van der Waals surface area contributed by atoms with E-state index in [0.29, 0.717) is 5.54 Å². The van der Waals surface area contributed by atoms with E-state index < -0.39 is 0 Å². The topological polar surface area (TPSA) is 3.24 Å². The maximum absolute atomic E-state index is 2.69. The van der Waals surface area contributed by atoms with Gasteiger partial charge in [0.25, 0.3) is 0 Å². The van der Waals surface area contributed by atoms with Crippen molar-refractivity contribution in [1.82, 2.24) is 4.90 Å². The highest BCUT2D eigenvalue weighted by atomic mass is 15.2. The molecule has 2 aliphatic rings. The van der Waals surface area contributed by atoms with Crippen LogP contribution >= 0.6 is 0 Å². The molecule has 2 fully saturated rings. The number of nitrogens with zero attached hydrogens (tertiary/aromatic N) is 1. The Morgan fingerprint density at radius 1 is 0.867 bits per heavy atom. The molecular formula is C14H29N. The largest absolute Gasteiger partial charge is 0.298 e. The van der Waals surface area contributed by atoms with Gasteiger partial charge in [-0.05, 0) is 45.4 Å². The third-order valence-electron chi connectivity index (χ3n) is 3.92. The number of likely N-dealkylation sites (tertiary alicyclic amines) is 1. The van der Waals surface area contributed by atoms with Crippen LogP contribution in [-0.2, 0) is 0 Å². The second-order valence-corrected chi connectivity index (χ2v) is 5.88. The van der Waals surface area contributed by atoms with Gasteiger partial charge in [0.15, 0.2) is 0 Å². The number of fused-ring (bicyclic) bond motifs is 1.